The maximum atomic E-state index is 12.1. The molecule has 0 aliphatic rings. The molecule has 0 aromatic heterocycles. The van der Waals surface area contributed by atoms with E-state index in [-0.39, 0.29) is 24.6 Å². The van der Waals surface area contributed by atoms with Crippen LogP contribution in [0.1, 0.15) is 52.0 Å². The molecule has 6 nitrogen and oxygen atoms in total. The van der Waals surface area contributed by atoms with Crippen LogP contribution in [0.25, 0.3) is 0 Å². The van der Waals surface area contributed by atoms with Crippen molar-refractivity contribution >= 4 is 21.6 Å². The minimum atomic E-state index is -3.10. The van der Waals surface area contributed by atoms with E-state index in [1.807, 2.05) is 6.07 Å². The molecule has 0 fully saturated rings. The van der Waals surface area contributed by atoms with Gasteiger partial charge < -0.3 is 9.47 Å². The van der Waals surface area contributed by atoms with Crippen LogP contribution in [0, 0.1) is 0 Å². The molecule has 0 atom stereocenters. The average molecular weight is 399 g/mol. The zero-order chi connectivity index (χ0) is 20.5. The summed E-state index contributed by atoms with van der Waals surface area (Å²) in [6, 6.07) is 7.05. The molecule has 0 amide bonds. The van der Waals surface area contributed by atoms with Gasteiger partial charge in [-0.05, 0) is 51.3 Å². The second-order valence-corrected chi connectivity index (χ2v) is 10.3. The number of sulfone groups is 1. The SMILES string of the molecule is COC(=O)COc1cccc(CC(=O)CCCCCS(=O)(=O)C(C)(C)C)c1. The summed E-state index contributed by atoms with van der Waals surface area (Å²) < 4.78 is 33.2. The Kier molecular flexibility index (Phi) is 8.96. The average Bonchev–Trinajstić information content (AvgIpc) is 2.58. The molecule has 152 valence electrons. The van der Waals surface area contributed by atoms with Crippen LogP contribution in [0.3, 0.4) is 0 Å². The predicted octanol–water partition coefficient (Wildman–Crippen LogP) is 3.12. The number of benzene rings is 1. The molecule has 1 rings (SSSR count). The van der Waals surface area contributed by atoms with Gasteiger partial charge in [0.25, 0.3) is 0 Å². The second kappa shape index (κ2) is 10.4. The van der Waals surface area contributed by atoms with E-state index in [1.54, 1.807) is 39.0 Å². The van der Waals surface area contributed by atoms with Crippen molar-refractivity contribution in [3.05, 3.63) is 29.8 Å². The van der Waals surface area contributed by atoms with Gasteiger partial charge in [0.05, 0.1) is 17.6 Å². The number of carbonyl (C=O) groups is 2. The van der Waals surface area contributed by atoms with E-state index in [0.717, 1.165) is 5.56 Å². The monoisotopic (exact) mass is 398 g/mol. The third kappa shape index (κ3) is 8.56. The lowest BCUT2D eigenvalue weighted by molar-refractivity contribution is -0.142. The van der Waals surface area contributed by atoms with Crippen LogP contribution >= 0.6 is 0 Å². The summed E-state index contributed by atoms with van der Waals surface area (Å²) >= 11 is 0. The summed E-state index contributed by atoms with van der Waals surface area (Å²) in [4.78, 5) is 23.2. The number of Topliss-reactive ketones (excluding diaryl/α,β-unsaturated/α-hetero) is 1. The first-order valence-corrected chi connectivity index (χ1v) is 10.7. The number of ether oxygens (including phenoxy) is 2. The van der Waals surface area contributed by atoms with Crippen molar-refractivity contribution in [2.45, 2.75) is 57.6 Å². The lowest BCUT2D eigenvalue weighted by Gasteiger charge is -2.18. The van der Waals surface area contributed by atoms with Gasteiger partial charge in [-0.15, -0.1) is 0 Å². The van der Waals surface area contributed by atoms with Gasteiger partial charge in [-0.2, -0.15) is 0 Å². The largest absolute Gasteiger partial charge is 0.482 e. The molecule has 0 saturated heterocycles. The van der Waals surface area contributed by atoms with Crippen molar-refractivity contribution in [3.8, 4) is 5.75 Å². The summed E-state index contributed by atoms with van der Waals surface area (Å²) in [7, 11) is -1.81. The van der Waals surface area contributed by atoms with Crippen molar-refractivity contribution in [1.29, 1.82) is 0 Å². The first-order valence-electron chi connectivity index (χ1n) is 9.08. The Morgan fingerprint density at radius 1 is 1.07 bits per heavy atom. The summed E-state index contributed by atoms with van der Waals surface area (Å²) in [6.07, 6.45) is 2.67. The zero-order valence-electron chi connectivity index (χ0n) is 16.6. The third-order valence-electron chi connectivity index (χ3n) is 4.19. The molecule has 0 saturated carbocycles. The minimum Gasteiger partial charge on any atom is -0.482 e. The molecule has 0 aliphatic heterocycles. The summed E-state index contributed by atoms with van der Waals surface area (Å²) in [5.74, 6) is 0.298. The van der Waals surface area contributed by atoms with Crippen LogP contribution < -0.4 is 4.74 Å². The van der Waals surface area contributed by atoms with E-state index in [9.17, 15) is 18.0 Å². The normalized spacial score (nSPS) is 11.9. The van der Waals surface area contributed by atoms with Gasteiger partial charge in [0.2, 0.25) is 0 Å². The van der Waals surface area contributed by atoms with Crippen LogP contribution in [0.4, 0.5) is 0 Å². The Labute approximate surface area is 162 Å². The molecule has 1 aromatic carbocycles. The number of ketones is 1. The Balaban J connectivity index is 2.36. The molecule has 0 unspecified atom stereocenters. The fraction of sp³-hybridized carbons (Fsp3) is 0.600. The molecule has 27 heavy (non-hydrogen) atoms. The molecule has 0 N–H and O–H groups in total. The zero-order valence-corrected chi connectivity index (χ0v) is 17.4. The molecule has 0 bridgehead atoms. The van der Waals surface area contributed by atoms with Crippen molar-refractivity contribution in [2.75, 3.05) is 19.5 Å². The van der Waals surface area contributed by atoms with E-state index >= 15 is 0 Å². The highest BCUT2D eigenvalue weighted by Crippen LogP contribution is 2.18. The van der Waals surface area contributed by atoms with Gasteiger partial charge in [-0.3, -0.25) is 4.79 Å². The molecule has 0 heterocycles. The fourth-order valence-corrected chi connectivity index (χ4v) is 3.56. The molecule has 0 spiro atoms. The van der Waals surface area contributed by atoms with Gasteiger partial charge in [0.15, 0.2) is 16.4 Å². The maximum absolute atomic E-state index is 12.1. The highest BCUT2D eigenvalue weighted by atomic mass is 32.2. The number of unbranched alkanes of at least 4 members (excludes halogenated alkanes) is 2. The van der Waals surface area contributed by atoms with Crippen molar-refractivity contribution in [2.24, 2.45) is 0 Å². The van der Waals surface area contributed by atoms with E-state index in [4.69, 9.17) is 4.74 Å². The van der Waals surface area contributed by atoms with Crippen molar-refractivity contribution < 1.29 is 27.5 Å². The van der Waals surface area contributed by atoms with Crippen molar-refractivity contribution in [3.63, 3.8) is 0 Å². The third-order valence-corrected chi connectivity index (χ3v) is 6.88. The van der Waals surface area contributed by atoms with E-state index in [1.165, 1.54) is 7.11 Å². The quantitative estimate of drug-likeness (QED) is 0.420. The van der Waals surface area contributed by atoms with E-state index in [2.05, 4.69) is 4.74 Å². The first-order chi connectivity index (χ1) is 12.5. The van der Waals surface area contributed by atoms with Crippen molar-refractivity contribution in [1.82, 2.24) is 0 Å². The number of hydrogen-bond donors (Lipinski definition) is 0. The van der Waals surface area contributed by atoms with Crippen LogP contribution in [-0.2, 0) is 30.6 Å². The van der Waals surface area contributed by atoms with Gasteiger partial charge in [-0.1, -0.05) is 18.6 Å². The number of hydrogen-bond acceptors (Lipinski definition) is 6. The first kappa shape index (κ1) is 23.1. The summed E-state index contributed by atoms with van der Waals surface area (Å²) in [5.41, 5.74) is 0.817. The lowest BCUT2D eigenvalue weighted by Crippen LogP contribution is -2.30. The lowest BCUT2D eigenvalue weighted by atomic mass is 10.0. The topological polar surface area (TPSA) is 86.7 Å². The van der Waals surface area contributed by atoms with Gasteiger partial charge in [0, 0.05) is 12.8 Å². The van der Waals surface area contributed by atoms with Gasteiger partial charge in [0.1, 0.15) is 11.5 Å². The molecule has 0 aliphatic carbocycles. The molecular weight excluding hydrogens is 368 g/mol. The van der Waals surface area contributed by atoms with Crippen LogP contribution in [-0.4, -0.2) is 44.4 Å². The molecule has 1 aromatic rings. The predicted molar refractivity (Wildman–Crippen MR) is 105 cm³/mol. The van der Waals surface area contributed by atoms with Gasteiger partial charge >= 0.3 is 5.97 Å². The number of methoxy groups -OCH3 is 1. The van der Waals surface area contributed by atoms with E-state index in [0.29, 0.717) is 31.4 Å². The van der Waals surface area contributed by atoms with Crippen LogP contribution in [0.5, 0.6) is 5.75 Å². The Morgan fingerprint density at radius 2 is 1.78 bits per heavy atom. The number of rotatable bonds is 11. The highest BCUT2D eigenvalue weighted by Gasteiger charge is 2.27. The summed E-state index contributed by atoms with van der Waals surface area (Å²) in [6.45, 7) is 4.93. The Bertz CT molecular complexity index is 731. The van der Waals surface area contributed by atoms with E-state index < -0.39 is 20.6 Å². The Hall–Kier alpha value is -1.89. The minimum absolute atomic E-state index is 0.0961. The van der Waals surface area contributed by atoms with Crippen LogP contribution in [0.2, 0.25) is 0 Å². The second-order valence-electron chi connectivity index (χ2n) is 7.47. The Morgan fingerprint density at radius 3 is 2.41 bits per heavy atom. The molecular formula is C20H30O6S. The standard InChI is InChI=1S/C20H30O6S/c1-20(2,3)27(23,24)12-7-5-6-10-17(21)13-16-9-8-11-18(14-16)26-15-19(22)25-4/h8-9,11,14H,5-7,10,12-13,15H2,1-4H3. The highest BCUT2D eigenvalue weighted by molar-refractivity contribution is 7.92. The molecule has 7 heteroatoms. The smallest absolute Gasteiger partial charge is 0.343 e. The summed E-state index contributed by atoms with van der Waals surface area (Å²) in [5, 5.41) is 0. The van der Waals surface area contributed by atoms with Crippen LogP contribution in [0.15, 0.2) is 24.3 Å². The fourth-order valence-electron chi connectivity index (χ4n) is 2.36. The van der Waals surface area contributed by atoms with Gasteiger partial charge in [-0.25, -0.2) is 13.2 Å². The maximum Gasteiger partial charge on any atom is 0.343 e. The number of esters is 1. The molecule has 0 radical (unpaired) electrons. The number of carbonyl (C=O) groups excluding carboxylic acids is 2.